The standard InChI is InChI=1S/C20H26N4O3.ClH/c1-3-27-19(25)9-18(14-7-5-4-6-8-14)23-20(26)17-12-21-11-16(17)15-10-22-24(2)13-15;/h4-8,10,13,16-18,21H,3,9,11-12H2,1-2H3,(H,23,26);1H/t16-,17+,18?;/m1./s1. The topological polar surface area (TPSA) is 85.2 Å². The van der Waals surface area contributed by atoms with E-state index < -0.39 is 6.04 Å². The molecule has 1 saturated heterocycles. The van der Waals surface area contributed by atoms with E-state index in [0.717, 1.165) is 17.7 Å². The van der Waals surface area contributed by atoms with Gasteiger partial charge in [0.1, 0.15) is 0 Å². The van der Waals surface area contributed by atoms with Gasteiger partial charge in [0.25, 0.3) is 0 Å². The number of carbonyl (C=O) groups excluding carboxylic acids is 2. The van der Waals surface area contributed by atoms with E-state index in [1.165, 1.54) is 0 Å². The number of aromatic nitrogens is 2. The van der Waals surface area contributed by atoms with E-state index in [0.29, 0.717) is 13.2 Å². The quantitative estimate of drug-likeness (QED) is 0.686. The Bertz CT molecular complexity index is 781. The predicted molar refractivity (Wildman–Crippen MR) is 108 cm³/mol. The Morgan fingerprint density at radius 2 is 2.07 bits per heavy atom. The number of hydrogen-bond acceptors (Lipinski definition) is 5. The molecule has 152 valence electrons. The number of halogens is 1. The first kappa shape index (κ1) is 21.9. The molecule has 2 aromatic rings. The molecular weight excluding hydrogens is 380 g/mol. The number of nitrogens with one attached hydrogen (secondary N) is 2. The number of hydrogen-bond donors (Lipinski definition) is 2. The number of carbonyl (C=O) groups is 2. The van der Waals surface area contributed by atoms with Crippen LogP contribution in [0.2, 0.25) is 0 Å². The lowest BCUT2D eigenvalue weighted by Crippen LogP contribution is -2.37. The predicted octanol–water partition coefficient (Wildman–Crippen LogP) is 1.96. The summed E-state index contributed by atoms with van der Waals surface area (Å²) < 4.78 is 6.83. The number of ether oxygens (including phenoxy) is 1. The molecule has 1 unspecified atom stereocenters. The van der Waals surface area contributed by atoms with Gasteiger partial charge >= 0.3 is 5.97 Å². The van der Waals surface area contributed by atoms with E-state index in [4.69, 9.17) is 4.74 Å². The molecule has 7 nitrogen and oxygen atoms in total. The van der Waals surface area contributed by atoms with Crippen molar-refractivity contribution in [2.24, 2.45) is 13.0 Å². The van der Waals surface area contributed by atoms with Crippen molar-refractivity contribution in [2.75, 3.05) is 19.7 Å². The molecule has 1 aromatic heterocycles. The Hall–Kier alpha value is -2.38. The number of nitrogens with zero attached hydrogens (tertiary/aromatic N) is 2. The molecule has 0 aliphatic carbocycles. The van der Waals surface area contributed by atoms with Crippen LogP contribution in [0.25, 0.3) is 0 Å². The normalized spacial score (nSPS) is 19.5. The van der Waals surface area contributed by atoms with Crippen LogP contribution in [0.15, 0.2) is 42.7 Å². The SMILES string of the molecule is CCOC(=O)CC(NC(=O)[C@H]1CNC[C@@H]1c1cnn(C)c1)c1ccccc1.Cl. The van der Waals surface area contributed by atoms with Crippen molar-refractivity contribution in [3.8, 4) is 0 Å². The molecule has 0 spiro atoms. The second-order valence-corrected chi connectivity index (χ2v) is 6.80. The number of amides is 1. The smallest absolute Gasteiger partial charge is 0.308 e. The summed E-state index contributed by atoms with van der Waals surface area (Å²) in [4.78, 5) is 25.0. The molecule has 3 atom stereocenters. The van der Waals surface area contributed by atoms with E-state index in [2.05, 4.69) is 15.7 Å². The maximum atomic E-state index is 13.0. The highest BCUT2D eigenvalue weighted by Gasteiger charge is 2.36. The van der Waals surface area contributed by atoms with Crippen LogP contribution in [-0.2, 0) is 21.4 Å². The molecule has 28 heavy (non-hydrogen) atoms. The minimum Gasteiger partial charge on any atom is -0.466 e. The van der Waals surface area contributed by atoms with Gasteiger partial charge in [0.05, 0.1) is 31.2 Å². The molecule has 8 heteroatoms. The Morgan fingerprint density at radius 1 is 1.32 bits per heavy atom. The maximum absolute atomic E-state index is 13.0. The van der Waals surface area contributed by atoms with Crippen molar-refractivity contribution >= 4 is 24.3 Å². The van der Waals surface area contributed by atoms with Crippen molar-refractivity contribution in [3.05, 3.63) is 53.9 Å². The van der Waals surface area contributed by atoms with Gasteiger partial charge in [0, 0.05) is 32.3 Å². The molecule has 1 fully saturated rings. The maximum Gasteiger partial charge on any atom is 0.308 e. The van der Waals surface area contributed by atoms with Gasteiger partial charge in [0.15, 0.2) is 0 Å². The molecule has 0 saturated carbocycles. The van der Waals surface area contributed by atoms with Crippen molar-refractivity contribution in [1.29, 1.82) is 0 Å². The Kier molecular flexibility index (Phi) is 8.02. The summed E-state index contributed by atoms with van der Waals surface area (Å²) in [7, 11) is 1.87. The van der Waals surface area contributed by atoms with E-state index in [1.807, 2.05) is 49.8 Å². The summed E-state index contributed by atoms with van der Waals surface area (Å²) in [6.45, 7) is 3.44. The Labute approximate surface area is 171 Å². The highest BCUT2D eigenvalue weighted by molar-refractivity contribution is 5.85. The second-order valence-electron chi connectivity index (χ2n) is 6.80. The zero-order valence-electron chi connectivity index (χ0n) is 16.1. The average molecular weight is 407 g/mol. The van der Waals surface area contributed by atoms with Gasteiger partial charge in [-0.2, -0.15) is 5.10 Å². The van der Waals surface area contributed by atoms with Crippen molar-refractivity contribution in [2.45, 2.75) is 25.3 Å². The fourth-order valence-electron chi connectivity index (χ4n) is 3.54. The second kappa shape index (κ2) is 10.2. The van der Waals surface area contributed by atoms with Crippen molar-refractivity contribution in [1.82, 2.24) is 20.4 Å². The van der Waals surface area contributed by atoms with Crippen LogP contribution < -0.4 is 10.6 Å². The summed E-state index contributed by atoms with van der Waals surface area (Å²) in [6.07, 6.45) is 3.87. The van der Waals surface area contributed by atoms with Gasteiger partial charge in [-0.1, -0.05) is 30.3 Å². The molecule has 2 heterocycles. The molecule has 3 rings (SSSR count). The van der Waals surface area contributed by atoms with E-state index in [-0.39, 0.29) is 42.5 Å². The molecular formula is C20H27ClN4O3. The van der Waals surface area contributed by atoms with Gasteiger partial charge in [-0.3, -0.25) is 14.3 Å². The van der Waals surface area contributed by atoms with E-state index in [9.17, 15) is 9.59 Å². The van der Waals surface area contributed by atoms with Crippen LogP contribution in [0.5, 0.6) is 0 Å². The first-order valence-corrected chi connectivity index (χ1v) is 9.28. The third-order valence-corrected chi connectivity index (χ3v) is 4.90. The molecule has 0 radical (unpaired) electrons. The minimum atomic E-state index is -0.409. The number of esters is 1. The lowest BCUT2D eigenvalue weighted by Gasteiger charge is -2.23. The fraction of sp³-hybridized carbons (Fsp3) is 0.450. The van der Waals surface area contributed by atoms with Crippen LogP contribution in [0.3, 0.4) is 0 Å². The largest absolute Gasteiger partial charge is 0.466 e. The molecule has 0 bridgehead atoms. The summed E-state index contributed by atoms with van der Waals surface area (Å²) >= 11 is 0. The summed E-state index contributed by atoms with van der Waals surface area (Å²) in [5.41, 5.74) is 1.94. The van der Waals surface area contributed by atoms with Gasteiger partial charge in [-0.05, 0) is 18.1 Å². The molecule has 1 amide bonds. The van der Waals surface area contributed by atoms with Crippen LogP contribution in [0.1, 0.15) is 36.4 Å². The van der Waals surface area contributed by atoms with Crippen LogP contribution in [0.4, 0.5) is 0 Å². The molecule has 1 aromatic carbocycles. The summed E-state index contributed by atoms with van der Waals surface area (Å²) in [5, 5.41) is 10.6. The summed E-state index contributed by atoms with van der Waals surface area (Å²) in [5.74, 6) is -0.521. The van der Waals surface area contributed by atoms with Crippen molar-refractivity contribution < 1.29 is 14.3 Å². The van der Waals surface area contributed by atoms with Crippen LogP contribution in [0, 0.1) is 5.92 Å². The number of aryl methyl sites for hydroxylation is 1. The van der Waals surface area contributed by atoms with Gasteiger partial charge in [-0.25, -0.2) is 0 Å². The third kappa shape index (κ3) is 5.33. The van der Waals surface area contributed by atoms with Crippen LogP contribution in [-0.4, -0.2) is 41.4 Å². The highest BCUT2D eigenvalue weighted by atomic mass is 35.5. The van der Waals surface area contributed by atoms with Gasteiger partial charge in [-0.15, -0.1) is 12.4 Å². The molecule has 1 aliphatic rings. The van der Waals surface area contributed by atoms with E-state index in [1.54, 1.807) is 11.6 Å². The third-order valence-electron chi connectivity index (χ3n) is 4.90. The molecule has 2 N–H and O–H groups in total. The minimum absolute atomic E-state index is 0. The first-order valence-electron chi connectivity index (χ1n) is 9.28. The Morgan fingerprint density at radius 3 is 2.71 bits per heavy atom. The lowest BCUT2D eigenvalue weighted by atomic mass is 9.89. The lowest BCUT2D eigenvalue weighted by molar-refractivity contribution is -0.143. The fourth-order valence-corrected chi connectivity index (χ4v) is 3.54. The van der Waals surface area contributed by atoms with Gasteiger partial charge in [0.2, 0.25) is 5.91 Å². The monoisotopic (exact) mass is 406 g/mol. The zero-order chi connectivity index (χ0) is 19.2. The Balaban J connectivity index is 0.00000280. The van der Waals surface area contributed by atoms with Gasteiger partial charge < -0.3 is 15.4 Å². The number of benzene rings is 1. The molecule has 1 aliphatic heterocycles. The van der Waals surface area contributed by atoms with E-state index >= 15 is 0 Å². The average Bonchev–Trinajstić information content (AvgIpc) is 3.30. The van der Waals surface area contributed by atoms with Crippen molar-refractivity contribution in [3.63, 3.8) is 0 Å². The summed E-state index contributed by atoms with van der Waals surface area (Å²) in [6, 6.07) is 9.12. The van der Waals surface area contributed by atoms with Crippen LogP contribution >= 0.6 is 12.4 Å². The number of rotatable bonds is 7. The zero-order valence-corrected chi connectivity index (χ0v) is 16.9. The highest BCUT2D eigenvalue weighted by Crippen LogP contribution is 2.29. The first-order chi connectivity index (χ1) is 13.1.